The zero-order chi connectivity index (χ0) is 16.1. The van der Waals surface area contributed by atoms with E-state index in [0.717, 1.165) is 18.5 Å². The lowest BCUT2D eigenvalue weighted by Crippen LogP contribution is -2.38. The molecule has 0 spiro atoms. The van der Waals surface area contributed by atoms with Crippen molar-refractivity contribution in [1.29, 1.82) is 0 Å². The second kappa shape index (κ2) is 7.26. The third-order valence-corrected chi connectivity index (χ3v) is 10.7. The minimum atomic E-state index is -1.30. The average molecular weight is 306 g/mol. The highest BCUT2D eigenvalue weighted by atomic mass is 28.3. The summed E-state index contributed by atoms with van der Waals surface area (Å²) in [4.78, 5) is 12.4. The van der Waals surface area contributed by atoms with Crippen LogP contribution in [0.25, 0.3) is 0 Å². The lowest BCUT2D eigenvalue weighted by molar-refractivity contribution is -0.120. The van der Waals surface area contributed by atoms with Crippen LogP contribution in [0.1, 0.15) is 40.5 Å². The third kappa shape index (κ3) is 5.31. The van der Waals surface area contributed by atoms with Crippen molar-refractivity contribution in [1.82, 2.24) is 0 Å². The molecule has 0 aliphatic heterocycles. The van der Waals surface area contributed by atoms with Gasteiger partial charge in [0.05, 0.1) is 8.07 Å². The summed E-state index contributed by atoms with van der Waals surface area (Å²) in [5, 5.41) is 3.43. The molecule has 0 bridgehead atoms. The van der Waals surface area contributed by atoms with E-state index < -0.39 is 8.07 Å². The number of carbonyl (C=O) groups is 1. The maximum Gasteiger partial charge on any atom is 0.227 e. The van der Waals surface area contributed by atoms with Gasteiger partial charge < -0.3 is 5.32 Å². The molecule has 0 radical (unpaired) electrons. The SMILES string of the molecule is CCC(CC[Si](C)(C)C(C)(C)C)C(=O)Nc1ccccc1. The Hall–Kier alpha value is -1.09. The molecule has 1 unspecified atom stereocenters. The maximum atomic E-state index is 12.4. The van der Waals surface area contributed by atoms with Crippen molar-refractivity contribution in [3.8, 4) is 0 Å². The summed E-state index contributed by atoms with van der Waals surface area (Å²) in [6.07, 6.45) is 1.92. The molecular formula is C18H31NOSi. The minimum absolute atomic E-state index is 0.124. The van der Waals surface area contributed by atoms with E-state index >= 15 is 0 Å². The Morgan fingerprint density at radius 2 is 1.76 bits per heavy atom. The van der Waals surface area contributed by atoms with Crippen molar-refractivity contribution in [2.45, 2.75) is 64.7 Å². The quantitative estimate of drug-likeness (QED) is 0.686. The van der Waals surface area contributed by atoms with Gasteiger partial charge in [0, 0.05) is 11.6 Å². The fourth-order valence-corrected chi connectivity index (χ4v) is 4.02. The van der Waals surface area contributed by atoms with Gasteiger partial charge in [-0.1, -0.05) is 65.0 Å². The highest BCUT2D eigenvalue weighted by Crippen LogP contribution is 2.40. The largest absolute Gasteiger partial charge is 0.326 e. The van der Waals surface area contributed by atoms with Crippen LogP contribution in [0.5, 0.6) is 0 Å². The van der Waals surface area contributed by atoms with E-state index in [2.05, 4.69) is 46.1 Å². The molecule has 0 saturated heterocycles. The standard InChI is InChI=1S/C18H31NOSi/c1-7-15(13-14-21(5,6)18(2,3)4)17(20)19-16-11-9-8-10-12-16/h8-12,15H,7,13-14H2,1-6H3,(H,19,20). The van der Waals surface area contributed by atoms with Gasteiger partial charge in [0.15, 0.2) is 0 Å². The summed E-state index contributed by atoms with van der Waals surface area (Å²) in [5.41, 5.74) is 0.897. The third-order valence-electron chi connectivity index (χ3n) is 5.05. The molecule has 1 atom stereocenters. The first kappa shape index (κ1) is 18.0. The molecule has 118 valence electrons. The fourth-order valence-electron chi connectivity index (χ4n) is 2.20. The highest BCUT2D eigenvalue weighted by Gasteiger charge is 2.35. The molecule has 0 fully saturated rings. The molecular weight excluding hydrogens is 274 g/mol. The molecule has 2 nitrogen and oxygen atoms in total. The Morgan fingerprint density at radius 3 is 2.24 bits per heavy atom. The topological polar surface area (TPSA) is 29.1 Å². The smallest absolute Gasteiger partial charge is 0.227 e. The molecule has 3 heteroatoms. The molecule has 0 heterocycles. The molecule has 0 aliphatic rings. The first-order chi connectivity index (χ1) is 9.67. The molecule has 0 saturated carbocycles. The van der Waals surface area contributed by atoms with E-state index in [1.54, 1.807) is 0 Å². The van der Waals surface area contributed by atoms with Crippen LogP contribution in [0, 0.1) is 5.92 Å². The Labute approximate surface area is 131 Å². The summed E-state index contributed by atoms with van der Waals surface area (Å²) in [7, 11) is -1.30. The number of hydrogen-bond donors (Lipinski definition) is 1. The number of amides is 1. The molecule has 0 aliphatic carbocycles. The molecule has 1 amide bonds. The number of benzene rings is 1. The summed E-state index contributed by atoms with van der Waals surface area (Å²) >= 11 is 0. The highest BCUT2D eigenvalue weighted by molar-refractivity contribution is 6.80. The van der Waals surface area contributed by atoms with Gasteiger partial charge in [-0.25, -0.2) is 0 Å². The summed E-state index contributed by atoms with van der Waals surface area (Å²) in [6, 6.07) is 11.0. The Kier molecular flexibility index (Phi) is 6.20. The van der Waals surface area contributed by atoms with Crippen molar-refractivity contribution in [3.63, 3.8) is 0 Å². The first-order valence-corrected chi connectivity index (χ1v) is 11.2. The lowest BCUT2D eigenvalue weighted by Gasteiger charge is -2.37. The van der Waals surface area contributed by atoms with Crippen molar-refractivity contribution < 1.29 is 4.79 Å². The fraction of sp³-hybridized carbons (Fsp3) is 0.611. The second-order valence-electron chi connectivity index (χ2n) is 7.63. The van der Waals surface area contributed by atoms with E-state index in [9.17, 15) is 4.79 Å². The summed E-state index contributed by atoms with van der Waals surface area (Å²) < 4.78 is 0. The van der Waals surface area contributed by atoms with Gasteiger partial charge in [-0.05, 0) is 30.0 Å². The number of rotatable bonds is 6. The van der Waals surface area contributed by atoms with E-state index in [1.165, 1.54) is 6.04 Å². The van der Waals surface area contributed by atoms with E-state index in [4.69, 9.17) is 0 Å². The Bertz CT molecular complexity index is 448. The normalized spacial score (nSPS) is 13.8. The molecule has 1 aromatic rings. The van der Waals surface area contributed by atoms with Crippen molar-refractivity contribution in [2.24, 2.45) is 5.92 Å². The van der Waals surface area contributed by atoms with Gasteiger partial charge >= 0.3 is 0 Å². The van der Waals surface area contributed by atoms with E-state index in [-0.39, 0.29) is 11.8 Å². The molecule has 1 N–H and O–H groups in total. The monoisotopic (exact) mass is 305 g/mol. The van der Waals surface area contributed by atoms with Gasteiger partial charge in [-0.15, -0.1) is 0 Å². The van der Waals surface area contributed by atoms with Crippen LogP contribution in [-0.2, 0) is 4.79 Å². The van der Waals surface area contributed by atoms with Gasteiger partial charge in [-0.3, -0.25) is 4.79 Å². The minimum Gasteiger partial charge on any atom is -0.326 e. The maximum absolute atomic E-state index is 12.4. The predicted molar refractivity (Wildman–Crippen MR) is 95.5 cm³/mol. The number of hydrogen-bond acceptors (Lipinski definition) is 1. The summed E-state index contributed by atoms with van der Waals surface area (Å²) in [6.45, 7) is 14.0. The zero-order valence-corrected chi connectivity index (χ0v) is 15.5. The first-order valence-electron chi connectivity index (χ1n) is 8.03. The lowest BCUT2D eigenvalue weighted by atomic mass is 10.0. The molecule has 1 aromatic carbocycles. The van der Waals surface area contributed by atoms with Gasteiger partial charge in [-0.2, -0.15) is 0 Å². The van der Waals surface area contributed by atoms with Crippen LogP contribution < -0.4 is 5.32 Å². The number of nitrogens with one attached hydrogen (secondary N) is 1. The number of para-hydroxylation sites is 1. The molecule has 1 rings (SSSR count). The zero-order valence-electron chi connectivity index (χ0n) is 14.5. The van der Waals surface area contributed by atoms with Gasteiger partial charge in [0.2, 0.25) is 5.91 Å². The van der Waals surface area contributed by atoms with E-state index in [1.807, 2.05) is 30.3 Å². The van der Waals surface area contributed by atoms with Crippen LogP contribution in [0.4, 0.5) is 5.69 Å². The summed E-state index contributed by atoms with van der Waals surface area (Å²) in [5.74, 6) is 0.293. The average Bonchev–Trinajstić information content (AvgIpc) is 2.39. The second-order valence-corrected chi connectivity index (χ2v) is 13.4. The van der Waals surface area contributed by atoms with Crippen LogP contribution in [0.15, 0.2) is 30.3 Å². The van der Waals surface area contributed by atoms with Crippen LogP contribution >= 0.6 is 0 Å². The van der Waals surface area contributed by atoms with Crippen LogP contribution in [0.3, 0.4) is 0 Å². The van der Waals surface area contributed by atoms with Gasteiger partial charge in [0.1, 0.15) is 0 Å². The number of carbonyl (C=O) groups excluding carboxylic acids is 1. The molecule has 0 aromatic heterocycles. The predicted octanol–water partition coefficient (Wildman–Crippen LogP) is 5.55. The van der Waals surface area contributed by atoms with Crippen LogP contribution in [-0.4, -0.2) is 14.0 Å². The van der Waals surface area contributed by atoms with E-state index in [0.29, 0.717) is 5.04 Å². The van der Waals surface area contributed by atoms with Crippen molar-refractivity contribution in [3.05, 3.63) is 30.3 Å². The Morgan fingerprint density at radius 1 is 1.19 bits per heavy atom. The Balaban J connectivity index is 2.61. The molecule has 21 heavy (non-hydrogen) atoms. The van der Waals surface area contributed by atoms with Crippen molar-refractivity contribution >= 4 is 19.7 Å². The number of anilines is 1. The van der Waals surface area contributed by atoms with Crippen LogP contribution in [0.2, 0.25) is 24.2 Å². The van der Waals surface area contributed by atoms with Gasteiger partial charge in [0.25, 0.3) is 0 Å². The van der Waals surface area contributed by atoms with Crippen molar-refractivity contribution in [2.75, 3.05) is 5.32 Å².